The van der Waals surface area contributed by atoms with Gasteiger partial charge in [0.05, 0.1) is 6.61 Å². The van der Waals surface area contributed by atoms with Crippen molar-refractivity contribution in [2.45, 2.75) is 33.1 Å². The minimum absolute atomic E-state index is 0.0934. The zero-order chi connectivity index (χ0) is 20.6. The van der Waals surface area contributed by atoms with Crippen LogP contribution in [0, 0.1) is 6.92 Å². The van der Waals surface area contributed by atoms with Crippen molar-refractivity contribution < 1.29 is 14.3 Å². The van der Waals surface area contributed by atoms with E-state index in [0.29, 0.717) is 17.0 Å². The first-order chi connectivity index (χ1) is 14.1. The lowest BCUT2D eigenvalue weighted by atomic mass is 10.0. The Hall–Kier alpha value is -2.92. The number of rotatable bonds is 8. The molecule has 3 rings (SSSR count). The fourth-order valence-electron chi connectivity index (χ4n) is 3.08. The molecule has 1 heterocycles. The molecule has 0 saturated carbocycles. The summed E-state index contributed by atoms with van der Waals surface area (Å²) in [7, 11) is 0. The van der Waals surface area contributed by atoms with E-state index in [0.717, 1.165) is 24.0 Å². The molecule has 29 heavy (non-hydrogen) atoms. The Labute approximate surface area is 175 Å². The zero-order valence-corrected chi connectivity index (χ0v) is 17.6. The van der Waals surface area contributed by atoms with E-state index in [2.05, 4.69) is 36.5 Å². The number of anilines is 1. The second-order valence-electron chi connectivity index (χ2n) is 6.83. The first kappa shape index (κ1) is 20.8. The monoisotopic (exact) mass is 407 g/mol. The van der Waals surface area contributed by atoms with Crippen LogP contribution in [0.1, 0.15) is 41.3 Å². The van der Waals surface area contributed by atoms with Crippen LogP contribution in [0.15, 0.2) is 60.0 Å². The third-order valence-corrected chi connectivity index (χ3v) is 5.49. The zero-order valence-electron chi connectivity index (χ0n) is 16.7. The van der Waals surface area contributed by atoms with Crippen LogP contribution in [-0.2, 0) is 16.0 Å². The molecule has 0 aliphatic heterocycles. The number of hydrogen-bond acceptors (Lipinski definition) is 4. The quantitative estimate of drug-likeness (QED) is 0.476. The Bertz CT molecular complexity index is 962. The van der Waals surface area contributed by atoms with E-state index in [4.69, 9.17) is 4.74 Å². The Kier molecular flexibility index (Phi) is 7.19. The highest BCUT2D eigenvalue weighted by Gasteiger charge is 2.22. The molecule has 0 atom stereocenters. The third kappa shape index (κ3) is 5.55. The number of thiophene rings is 1. The molecular formula is C24H25NO3S. The largest absolute Gasteiger partial charge is 0.462 e. The third-order valence-electron chi connectivity index (χ3n) is 4.60. The van der Waals surface area contributed by atoms with Crippen molar-refractivity contribution in [3.63, 3.8) is 0 Å². The lowest BCUT2D eigenvalue weighted by molar-refractivity contribution is -0.116. The average Bonchev–Trinajstić information content (AvgIpc) is 3.14. The normalized spacial score (nSPS) is 10.6. The summed E-state index contributed by atoms with van der Waals surface area (Å²) >= 11 is 1.35. The molecule has 0 fully saturated rings. The predicted octanol–water partition coefficient (Wildman–Crippen LogP) is 5.86. The molecule has 150 valence electrons. The highest BCUT2D eigenvalue weighted by atomic mass is 32.1. The molecule has 0 bridgehead atoms. The summed E-state index contributed by atoms with van der Waals surface area (Å²) in [5, 5.41) is 5.35. The summed E-state index contributed by atoms with van der Waals surface area (Å²) in [6.07, 6.45) is 1.99. The number of carbonyl (C=O) groups excluding carboxylic acids is 2. The van der Waals surface area contributed by atoms with Crippen molar-refractivity contribution in [2.24, 2.45) is 0 Å². The second-order valence-corrected chi connectivity index (χ2v) is 7.71. The summed E-state index contributed by atoms with van der Waals surface area (Å²) in [6.45, 7) is 4.12. The van der Waals surface area contributed by atoms with Gasteiger partial charge in [0.15, 0.2) is 0 Å². The van der Waals surface area contributed by atoms with Gasteiger partial charge in [-0.1, -0.05) is 60.2 Å². The van der Waals surface area contributed by atoms with Gasteiger partial charge in [-0.05, 0) is 37.8 Å². The number of esters is 1. The first-order valence-electron chi connectivity index (χ1n) is 9.78. The summed E-state index contributed by atoms with van der Waals surface area (Å²) in [5.74, 6) is -0.508. The molecule has 1 aromatic heterocycles. The fourth-order valence-corrected chi connectivity index (χ4v) is 4.06. The van der Waals surface area contributed by atoms with E-state index in [1.165, 1.54) is 22.5 Å². The topological polar surface area (TPSA) is 55.4 Å². The highest BCUT2D eigenvalue weighted by Crippen LogP contribution is 2.36. The van der Waals surface area contributed by atoms with Crippen molar-refractivity contribution in [3.05, 3.63) is 76.7 Å². The molecule has 2 aromatic carbocycles. The lowest BCUT2D eigenvalue weighted by Gasteiger charge is -2.09. The van der Waals surface area contributed by atoms with Gasteiger partial charge < -0.3 is 10.1 Å². The molecule has 0 aliphatic carbocycles. The van der Waals surface area contributed by atoms with Gasteiger partial charge in [-0.3, -0.25) is 4.79 Å². The van der Waals surface area contributed by atoms with E-state index in [1.54, 1.807) is 6.92 Å². The van der Waals surface area contributed by atoms with Crippen LogP contribution >= 0.6 is 11.3 Å². The van der Waals surface area contributed by atoms with Gasteiger partial charge in [0.25, 0.3) is 0 Å². The number of ether oxygens (including phenoxy) is 1. The average molecular weight is 408 g/mol. The molecular weight excluding hydrogens is 382 g/mol. The van der Waals surface area contributed by atoms with Crippen molar-refractivity contribution in [2.75, 3.05) is 11.9 Å². The predicted molar refractivity (Wildman–Crippen MR) is 118 cm³/mol. The Balaban J connectivity index is 1.69. The molecule has 5 heteroatoms. The maximum absolute atomic E-state index is 12.6. The van der Waals surface area contributed by atoms with Crippen molar-refractivity contribution in [3.8, 4) is 11.1 Å². The Morgan fingerprint density at radius 2 is 1.76 bits per heavy atom. The maximum atomic E-state index is 12.6. The van der Waals surface area contributed by atoms with Crippen LogP contribution in [0.3, 0.4) is 0 Å². The molecule has 0 unspecified atom stereocenters. The number of carbonyl (C=O) groups is 2. The van der Waals surface area contributed by atoms with Gasteiger partial charge in [-0.2, -0.15) is 0 Å². The molecule has 4 nitrogen and oxygen atoms in total. The van der Waals surface area contributed by atoms with Crippen LogP contribution in [-0.4, -0.2) is 18.5 Å². The summed E-state index contributed by atoms with van der Waals surface area (Å²) < 4.78 is 5.24. The van der Waals surface area contributed by atoms with E-state index >= 15 is 0 Å². The SMILES string of the molecule is CCOC(=O)c1c(-c2ccccc2)csc1NC(=O)CCCc1ccc(C)cc1. The van der Waals surface area contributed by atoms with Crippen molar-refractivity contribution in [1.29, 1.82) is 0 Å². The van der Waals surface area contributed by atoms with Gasteiger partial charge in [0.1, 0.15) is 10.6 Å². The smallest absolute Gasteiger partial charge is 0.341 e. The maximum Gasteiger partial charge on any atom is 0.341 e. The minimum Gasteiger partial charge on any atom is -0.462 e. The molecule has 3 aromatic rings. The standard InChI is InChI=1S/C24H25NO3S/c1-3-28-24(27)22-20(19-9-5-4-6-10-19)16-29-23(22)25-21(26)11-7-8-18-14-12-17(2)13-15-18/h4-6,9-10,12-16H,3,7-8,11H2,1-2H3,(H,25,26). The van der Waals surface area contributed by atoms with Crippen molar-refractivity contribution in [1.82, 2.24) is 0 Å². The second kappa shape index (κ2) is 10.0. The summed E-state index contributed by atoms with van der Waals surface area (Å²) in [5.41, 5.74) is 4.58. The summed E-state index contributed by atoms with van der Waals surface area (Å²) in [6, 6.07) is 18.0. The Morgan fingerprint density at radius 3 is 2.45 bits per heavy atom. The molecule has 1 amide bonds. The van der Waals surface area contributed by atoms with Gasteiger partial charge in [0, 0.05) is 17.4 Å². The van der Waals surface area contributed by atoms with Crippen molar-refractivity contribution >= 4 is 28.2 Å². The summed E-state index contributed by atoms with van der Waals surface area (Å²) in [4.78, 5) is 25.0. The number of hydrogen-bond donors (Lipinski definition) is 1. The Morgan fingerprint density at radius 1 is 1.03 bits per heavy atom. The van der Waals surface area contributed by atoms with Crippen LogP contribution in [0.2, 0.25) is 0 Å². The highest BCUT2D eigenvalue weighted by molar-refractivity contribution is 7.15. The van der Waals surface area contributed by atoms with Gasteiger partial charge >= 0.3 is 5.97 Å². The van der Waals surface area contributed by atoms with Crippen LogP contribution in [0.5, 0.6) is 0 Å². The van der Waals surface area contributed by atoms with E-state index < -0.39 is 5.97 Å². The number of nitrogens with one attached hydrogen (secondary N) is 1. The van der Waals surface area contributed by atoms with E-state index in [9.17, 15) is 9.59 Å². The lowest BCUT2D eigenvalue weighted by Crippen LogP contribution is -2.14. The number of amides is 1. The van der Waals surface area contributed by atoms with E-state index in [-0.39, 0.29) is 12.5 Å². The number of aryl methyl sites for hydroxylation is 2. The van der Waals surface area contributed by atoms with Gasteiger partial charge in [-0.25, -0.2) is 4.79 Å². The molecule has 0 saturated heterocycles. The molecule has 0 spiro atoms. The van der Waals surface area contributed by atoms with Gasteiger partial charge in [0.2, 0.25) is 5.91 Å². The molecule has 0 aliphatic rings. The van der Waals surface area contributed by atoms with Crippen LogP contribution in [0.4, 0.5) is 5.00 Å². The molecule has 0 radical (unpaired) electrons. The van der Waals surface area contributed by atoms with Crippen LogP contribution < -0.4 is 5.32 Å². The molecule has 1 N–H and O–H groups in total. The fraction of sp³-hybridized carbons (Fsp3) is 0.250. The van der Waals surface area contributed by atoms with E-state index in [1.807, 2.05) is 35.7 Å². The minimum atomic E-state index is -0.414. The number of benzene rings is 2. The van der Waals surface area contributed by atoms with Gasteiger partial charge in [-0.15, -0.1) is 11.3 Å². The first-order valence-corrected chi connectivity index (χ1v) is 10.7. The van der Waals surface area contributed by atoms with Crippen LogP contribution in [0.25, 0.3) is 11.1 Å².